The number of carboxylic acid groups (broad SMARTS) is 1. The van der Waals surface area contributed by atoms with Crippen molar-refractivity contribution in [1.29, 1.82) is 0 Å². The number of aliphatic hydroxyl groups excluding tert-OH is 1. The molecule has 0 spiro atoms. The lowest BCUT2D eigenvalue weighted by Crippen LogP contribution is -2.35. The van der Waals surface area contributed by atoms with Crippen LogP contribution < -0.4 is 5.32 Å². The Hall–Kier alpha value is -0.610. The quantitative estimate of drug-likeness (QED) is 0.544. The highest BCUT2D eigenvalue weighted by molar-refractivity contribution is 5.69. The second-order valence-corrected chi connectivity index (χ2v) is 3.26. The topological polar surface area (TPSA) is 69.6 Å². The fourth-order valence-electron chi connectivity index (χ4n) is 1.04. The van der Waals surface area contributed by atoms with Crippen LogP contribution in [0.5, 0.6) is 0 Å². The zero-order valence-corrected chi connectivity index (χ0v) is 8.29. The maximum Gasteiger partial charge on any atom is 0.307 e. The van der Waals surface area contributed by atoms with Gasteiger partial charge in [-0.2, -0.15) is 0 Å². The summed E-state index contributed by atoms with van der Waals surface area (Å²) >= 11 is 0. The van der Waals surface area contributed by atoms with E-state index >= 15 is 0 Å². The van der Waals surface area contributed by atoms with Crippen LogP contribution in [0.4, 0.5) is 0 Å². The minimum Gasteiger partial charge on any atom is -0.481 e. The fraction of sp³-hybridized carbons (Fsp3) is 0.889. The van der Waals surface area contributed by atoms with Crippen molar-refractivity contribution in [2.24, 2.45) is 5.92 Å². The predicted octanol–water partition coefficient (Wildman–Crippen LogP) is 0.458. The van der Waals surface area contributed by atoms with E-state index in [1.165, 1.54) is 0 Å². The molecule has 0 aromatic heterocycles. The second kappa shape index (κ2) is 6.86. The Morgan fingerprint density at radius 2 is 2.15 bits per heavy atom. The van der Waals surface area contributed by atoms with E-state index < -0.39 is 5.97 Å². The summed E-state index contributed by atoms with van der Waals surface area (Å²) in [5, 5.41) is 20.4. The number of rotatable bonds is 7. The molecule has 3 N–H and O–H groups in total. The maximum absolute atomic E-state index is 10.5. The highest BCUT2D eigenvalue weighted by Gasteiger charge is 2.12. The molecule has 78 valence electrons. The first-order valence-electron chi connectivity index (χ1n) is 4.68. The molecule has 2 unspecified atom stereocenters. The van der Waals surface area contributed by atoms with E-state index in [9.17, 15) is 4.79 Å². The van der Waals surface area contributed by atoms with E-state index in [1.54, 1.807) is 6.92 Å². The van der Waals surface area contributed by atoms with Crippen LogP contribution in [0.25, 0.3) is 0 Å². The van der Waals surface area contributed by atoms with E-state index in [0.717, 1.165) is 6.42 Å². The van der Waals surface area contributed by atoms with Gasteiger partial charge in [0.15, 0.2) is 0 Å². The van der Waals surface area contributed by atoms with Crippen LogP contribution in [-0.2, 0) is 4.79 Å². The molecule has 0 aromatic rings. The van der Waals surface area contributed by atoms with Gasteiger partial charge in [-0.05, 0) is 12.8 Å². The van der Waals surface area contributed by atoms with Crippen molar-refractivity contribution >= 4 is 5.97 Å². The summed E-state index contributed by atoms with van der Waals surface area (Å²) in [6, 6.07) is 0.229. The number of hydrogen-bond donors (Lipinski definition) is 3. The van der Waals surface area contributed by atoms with Crippen LogP contribution >= 0.6 is 0 Å². The lowest BCUT2D eigenvalue weighted by atomic mass is 10.1. The van der Waals surface area contributed by atoms with Crippen LogP contribution in [-0.4, -0.2) is 35.4 Å². The molecule has 0 fully saturated rings. The van der Waals surface area contributed by atoms with Gasteiger partial charge in [0.1, 0.15) is 0 Å². The van der Waals surface area contributed by atoms with Crippen molar-refractivity contribution in [3.63, 3.8) is 0 Å². The van der Waals surface area contributed by atoms with Crippen LogP contribution in [0.2, 0.25) is 0 Å². The molecular formula is C9H19NO3. The molecule has 0 amide bonds. The maximum atomic E-state index is 10.5. The van der Waals surface area contributed by atoms with E-state index in [0.29, 0.717) is 13.0 Å². The van der Waals surface area contributed by atoms with Gasteiger partial charge in [-0.1, -0.05) is 13.8 Å². The molecule has 0 heterocycles. The van der Waals surface area contributed by atoms with Crippen molar-refractivity contribution < 1.29 is 15.0 Å². The van der Waals surface area contributed by atoms with Gasteiger partial charge >= 0.3 is 5.97 Å². The number of hydrogen-bond acceptors (Lipinski definition) is 3. The van der Waals surface area contributed by atoms with Gasteiger partial charge in [-0.15, -0.1) is 0 Å². The first kappa shape index (κ1) is 12.4. The molecular weight excluding hydrogens is 170 g/mol. The second-order valence-electron chi connectivity index (χ2n) is 3.26. The lowest BCUT2D eigenvalue weighted by molar-refractivity contribution is -0.141. The van der Waals surface area contributed by atoms with E-state index in [-0.39, 0.29) is 18.6 Å². The normalized spacial score (nSPS) is 15.3. The molecule has 0 saturated carbocycles. The van der Waals surface area contributed by atoms with Crippen LogP contribution in [0.15, 0.2) is 0 Å². The molecule has 0 saturated heterocycles. The average Bonchev–Trinajstić information content (AvgIpc) is 2.11. The standard InChI is InChI=1S/C9H19NO3/c1-3-8(4-5-11)10-6-7(2)9(12)13/h7-8,10-11H,3-6H2,1-2H3,(H,12,13). The van der Waals surface area contributed by atoms with Crippen molar-refractivity contribution in [2.75, 3.05) is 13.2 Å². The van der Waals surface area contributed by atoms with Gasteiger partial charge in [-0.25, -0.2) is 0 Å². The SMILES string of the molecule is CCC(CCO)NCC(C)C(=O)O. The monoisotopic (exact) mass is 189 g/mol. The van der Waals surface area contributed by atoms with Gasteiger partial charge in [-0.3, -0.25) is 4.79 Å². The predicted molar refractivity (Wildman–Crippen MR) is 50.6 cm³/mol. The number of aliphatic hydroxyl groups is 1. The third-order valence-corrected chi connectivity index (χ3v) is 2.10. The lowest BCUT2D eigenvalue weighted by Gasteiger charge is -2.17. The van der Waals surface area contributed by atoms with Gasteiger partial charge in [0.05, 0.1) is 5.92 Å². The molecule has 4 nitrogen and oxygen atoms in total. The minimum atomic E-state index is -0.786. The molecule has 0 aliphatic heterocycles. The van der Waals surface area contributed by atoms with E-state index in [4.69, 9.17) is 10.2 Å². The van der Waals surface area contributed by atoms with Crippen molar-refractivity contribution in [3.05, 3.63) is 0 Å². The average molecular weight is 189 g/mol. The molecule has 0 bridgehead atoms. The summed E-state index contributed by atoms with van der Waals surface area (Å²) in [5.41, 5.74) is 0. The molecule has 0 rings (SSSR count). The number of carboxylic acids is 1. The van der Waals surface area contributed by atoms with E-state index in [1.807, 2.05) is 6.92 Å². The highest BCUT2D eigenvalue weighted by atomic mass is 16.4. The smallest absolute Gasteiger partial charge is 0.307 e. The Bertz CT molecular complexity index is 150. The molecule has 0 radical (unpaired) electrons. The number of nitrogens with one attached hydrogen (secondary N) is 1. The highest BCUT2D eigenvalue weighted by Crippen LogP contribution is 1.99. The Labute approximate surface area is 79.0 Å². The third-order valence-electron chi connectivity index (χ3n) is 2.10. The van der Waals surface area contributed by atoms with Gasteiger partial charge in [0, 0.05) is 19.2 Å². The number of carbonyl (C=O) groups is 1. The Morgan fingerprint density at radius 3 is 2.54 bits per heavy atom. The molecule has 4 heteroatoms. The summed E-state index contributed by atoms with van der Waals surface area (Å²) < 4.78 is 0. The summed E-state index contributed by atoms with van der Waals surface area (Å²) in [6.45, 7) is 4.29. The first-order valence-corrected chi connectivity index (χ1v) is 4.68. The zero-order chi connectivity index (χ0) is 10.3. The summed E-state index contributed by atoms with van der Waals surface area (Å²) in [6.07, 6.45) is 1.59. The van der Waals surface area contributed by atoms with Crippen LogP contribution in [0.1, 0.15) is 26.7 Å². The molecule has 2 atom stereocenters. The van der Waals surface area contributed by atoms with Crippen LogP contribution in [0.3, 0.4) is 0 Å². The van der Waals surface area contributed by atoms with Crippen molar-refractivity contribution in [2.45, 2.75) is 32.7 Å². The third kappa shape index (κ3) is 5.60. The molecule has 0 aliphatic carbocycles. The van der Waals surface area contributed by atoms with E-state index in [2.05, 4.69) is 5.32 Å². The van der Waals surface area contributed by atoms with Gasteiger partial charge in [0.25, 0.3) is 0 Å². The Morgan fingerprint density at radius 1 is 1.54 bits per heavy atom. The Balaban J connectivity index is 3.64. The molecule has 0 aromatic carbocycles. The van der Waals surface area contributed by atoms with Crippen LogP contribution in [0, 0.1) is 5.92 Å². The van der Waals surface area contributed by atoms with Crippen molar-refractivity contribution in [1.82, 2.24) is 5.32 Å². The molecule has 0 aliphatic rings. The first-order chi connectivity index (χ1) is 6.11. The largest absolute Gasteiger partial charge is 0.481 e. The summed E-state index contributed by atoms with van der Waals surface area (Å²) in [5.74, 6) is -1.15. The number of aliphatic carboxylic acids is 1. The molecule has 13 heavy (non-hydrogen) atoms. The summed E-state index contributed by atoms with van der Waals surface area (Å²) in [4.78, 5) is 10.5. The van der Waals surface area contributed by atoms with Gasteiger partial charge in [0.2, 0.25) is 0 Å². The minimum absolute atomic E-state index is 0.146. The fourth-order valence-corrected chi connectivity index (χ4v) is 1.04. The Kier molecular flexibility index (Phi) is 6.54. The summed E-state index contributed by atoms with van der Waals surface area (Å²) in [7, 11) is 0. The zero-order valence-electron chi connectivity index (χ0n) is 8.29. The van der Waals surface area contributed by atoms with Gasteiger partial charge < -0.3 is 15.5 Å². The van der Waals surface area contributed by atoms with Crippen molar-refractivity contribution in [3.8, 4) is 0 Å².